The second kappa shape index (κ2) is 7.32. The smallest absolute Gasteiger partial charge is 0.231 e. The molecular weight excluding hydrogens is 310 g/mol. The molecule has 1 aromatic heterocycles. The number of rotatable bonds is 7. The van der Waals surface area contributed by atoms with E-state index in [1.54, 1.807) is 11.3 Å². The molecule has 128 valence electrons. The van der Waals surface area contributed by atoms with Gasteiger partial charge in [-0.25, -0.2) is 0 Å². The second-order valence-corrected chi connectivity index (χ2v) is 7.86. The molecule has 1 heterocycles. The van der Waals surface area contributed by atoms with Gasteiger partial charge in [0.25, 0.3) is 0 Å². The Kier molecular flexibility index (Phi) is 5.39. The molecule has 4 nitrogen and oxygen atoms in total. The molecule has 1 aromatic rings. The van der Waals surface area contributed by atoms with Crippen LogP contribution in [0.1, 0.15) is 56.2 Å². The minimum atomic E-state index is -0.328. The molecule has 5 heteroatoms. The van der Waals surface area contributed by atoms with Crippen LogP contribution in [0.4, 0.5) is 0 Å². The first kappa shape index (κ1) is 16.9. The fraction of sp³-hybridized carbons (Fsp3) is 0.722. The van der Waals surface area contributed by atoms with Gasteiger partial charge in [-0.1, -0.05) is 31.7 Å². The molecule has 23 heavy (non-hydrogen) atoms. The molecule has 2 N–H and O–H groups in total. The van der Waals surface area contributed by atoms with Crippen molar-refractivity contribution in [3.8, 4) is 0 Å². The van der Waals surface area contributed by atoms with Gasteiger partial charge in [-0.3, -0.25) is 4.79 Å². The SMILES string of the molecule is O=C(NCC1(OCCO)CCCC1)C1(c2cccs2)CCCC1. The highest BCUT2D eigenvalue weighted by Gasteiger charge is 2.44. The Hall–Kier alpha value is -0.910. The molecular formula is C18H27NO3S. The van der Waals surface area contributed by atoms with E-state index in [1.165, 1.54) is 4.88 Å². The summed E-state index contributed by atoms with van der Waals surface area (Å²) in [6.07, 6.45) is 8.36. The average Bonchev–Trinajstić information content (AvgIpc) is 3.32. The molecule has 2 fully saturated rings. The fourth-order valence-corrected chi connectivity index (χ4v) is 5.16. The summed E-state index contributed by atoms with van der Waals surface area (Å²) >= 11 is 1.69. The number of aliphatic hydroxyl groups is 1. The van der Waals surface area contributed by atoms with E-state index in [0.29, 0.717) is 13.2 Å². The van der Waals surface area contributed by atoms with Crippen LogP contribution in [0.3, 0.4) is 0 Å². The molecule has 0 unspecified atom stereocenters. The summed E-state index contributed by atoms with van der Waals surface area (Å²) in [6, 6.07) is 4.14. The van der Waals surface area contributed by atoms with Gasteiger partial charge >= 0.3 is 0 Å². The second-order valence-electron chi connectivity index (χ2n) is 6.91. The van der Waals surface area contributed by atoms with Crippen LogP contribution < -0.4 is 5.32 Å². The number of ether oxygens (including phenoxy) is 1. The van der Waals surface area contributed by atoms with Gasteiger partial charge in [0.05, 0.1) is 24.2 Å². The van der Waals surface area contributed by atoms with Gasteiger partial charge in [0.1, 0.15) is 0 Å². The summed E-state index contributed by atoms with van der Waals surface area (Å²) in [4.78, 5) is 14.2. The van der Waals surface area contributed by atoms with Crippen LogP contribution in [-0.2, 0) is 14.9 Å². The van der Waals surface area contributed by atoms with E-state index < -0.39 is 0 Å². The third-order valence-corrected chi connectivity index (χ3v) is 6.54. The maximum atomic E-state index is 13.0. The van der Waals surface area contributed by atoms with Gasteiger partial charge in [-0.05, 0) is 37.1 Å². The van der Waals surface area contributed by atoms with Gasteiger partial charge in [0.2, 0.25) is 5.91 Å². The molecule has 0 saturated heterocycles. The van der Waals surface area contributed by atoms with Crippen molar-refractivity contribution >= 4 is 17.2 Å². The molecule has 2 aliphatic rings. The molecule has 0 aliphatic heterocycles. The Morgan fingerprint density at radius 2 is 1.91 bits per heavy atom. The molecule has 3 rings (SSSR count). The predicted molar refractivity (Wildman–Crippen MR) is 91.7 cm³/mol. The monoisotopic (exact) mass is 337 g/mol. The van der Waals surface area contributed by atoms with Crippen molar-refractivity contribution in [2.45, 2.75) is 62.4 Å². The van der Waals surface area contributed by atoms with Gasteiger partial charge in [-0.15, -0.1) is 11.3 Å². The van der Waals surface area contributed by atoms with Crippen molar-refractivity contribution in [2.75, 3.05) is 19.8 Å². The first-order chi connectivity index (χ1) is 11.2. The van der Waals surface area contributed by atoms with Crippen molar-refractivity contribution in [2.24, 2.45) is 0 Å². The number of nitrogens with one attached hydrogen (secondary N) is 1. The van der Waals surface area contributed by atoms with Gasteiger partial charge in [0.15, 0.2) is 0 Å². The average molecular weight is 337 g/mol. The van der Waals surface area contributed by atoms with Crippen molar-refractivity contribution in [1.82, 2.24) is 5.32 Å². The molecule has 2 aliphatic carbocycles. The largest absolute Gasteiger partial charge is 0.394 e. The Bertz CT molecular complexity index is 502. The fourth-order valence-electron chi connectivity index (χ4n) is 4.18. The van der Waals surface area contributed by atoms with E-state index in [2.05, 4.69) is 16.8 Å². The zero-order valence-corrected chi connectivity index (χ0v) is 14.5. The molecule has 0 aromatic carbocycles. The summed E-state index contributed by atoms with van der Waals surface area (Å²) in [5, 5.41) is 14.3. The summed E-state index contributed by atoms with van der Waals surface area (Å²) in [6.45, 7) is 0.958. The third-order valence-electron chi connectivity index (χ3n) is 5.47. The van der Waals surface area contributed by atoms with E-state index in [-0.39, 0.29) is 23.5 Å². The van der Waals surface area contributed by atoms with Gasteiger partial charge < -0.3 is 15.2 Å². The van der Waals surface area contributed by atoms with Crippen LogP contribution >= 0.6 is 11.3 Å². The maximum Gasteiger partial charge on any atom is 0.231 e. The van der Waals surface area contributed by atoms with Crippen LogP contribution in [-0.4, -0.2) is 36.4 Å². The number of amides is 1. The van der Waals surface area contributed by atoms with Crippen molar-refractivity contribution < 1.29 is 14.6 Å². The normalized spacial score (nSPS) is 22.3. The minimum absolute atomic E-state index is 0.0365. The zero-order valence-electron chi connectivity index (χ0n) is 13.7. The Morgan fingerprint density at radius 3 is 2.52 bits per heavy atom. The lowest BCUT2D eigenvalue weighted by molar-refractivity contribution is -0.129. The number of hydrogen-bond acceptors (Lipinski definition) is 4. The number of carbonyl (C=O) groups is 1. The van der Waals surface area contributed by atoms with E-state index in [4.69, 9.17) is 9.84 Å². The topological polar surface area (TPSA) is 58.6 Å². The highest BCUT2D eigenvalue weighted by Crippen LogP contribution is 2.43. The highest BCUT2D eigenvalue weighted by atomic mass is 32.1. The predicted octanol–water partition coefficient (Wildman–Crippen LogP) is 3.00. The number of carbonyl (C=O) groups excluding carboxylic acids is 1. The third kappa shape index (κ3) is 3.47. The quantitative estimate of drug-likeness (QED) is 0.804. The lowest BCUT2D eigenvalue weighted by Crippen LogP contribution is -2.49. The Morgan fingerprint density at radius 1 is 1.22 bits per heavy atom. The van der Waals surface area contributed by atoms with E-state index in [0.717, 1.165) is 51.4 Å². The summed E-state index contributed by atoms with van der Waals surface area (Å²) in [5.41, 5.74) is -0.599. The van der Waals surface area contributed by atoms with Crippen LogP contribution in [0.2, 0.25) is 0 Å². The van der Waals surface area contributed by atoms with E-state index >= 15 is 0 Å². The standard InChI is InChI=1S/C18H27NO3S/c20-11-12-22-17(7-1-2-8-17)14-19-16(21)18(9-3-4-10-18)15-6-5-13-23-15/h5-6,13,20H,1-4,7-12,14H2,(H,19,21). The van der Waals surface area contributed by atoms with E-state index in [1.807, 2.05) is 6.07 Å². The lowest BCUT2D eigenvalue weighted by Gasteiger charge is -2.32. The minimum Gasteiger partial charge on any atom is -0.394 e. The first-order valence-electron chi connectivity index (χ1n) is 8.78. The lowest BCUT2D eigenvalue weighted by atomic mass is 9.83. The van der Waals surface area contributed by atoms with Crippen LogP contribution in [0, 0.1) is 0 Å². The van der Waals surface area contributed by atoms with Gasteiger partial charge in [0, 0.05) is 11.4 Å². The first-order valence-corrected chi connectivity index (χ1v) is 9.66. The number of hydrogen-bond donors (Lipinski definition) is 2. The van der Waals surface area contributed by atoms with Crippen LogP contribution in [0.25, 0.3) is 0 Å². The molecule has 0 radical (unpaired) electrons. The molecule has 1 amide bonds. The molecule has 0 spiro atoms. The Labute approximate surface area is 142 Å². The Balaban J connectivity index is 1.67. The molecule has 0 bridgehead atoms. The number of thiophene rings is 1. The van der Waals surface area contributed by atoms with E-state index in [9.17, 15) is 4.79 Å². The van der Waals surface area contributed by atoms with Crippen molar-refractivity contribution in [3.63, 3.8) is 0 Å². The molecule has 0 atom stereocenters. The van der Waals surface area contributed by atoms with Crippen molar-refractivity contribution in [1.29, 1.82) is 0 Å². The maximum absolute atomic E-state index is 13.0. The summed E-state index contributed by atoms with van der Waals surface area (Å²) in [7, 11) is 0. The molecule has 2 saturated carbocycles. The number of aliphatic hydroxyl groups excluding tert-OH is 1. The van der Waals surface area contributed by atoms with Crippen LogP contribution in [0.5, 0.6) is 0 Å². The highest BCUT2D eigenvalue weighted by molar-refractivity contribution is 7.10. The summed E-state index contributed by atoms with van der Waals surface area (Å²) in [5.74, 6) is 0.163. The zero-order chi connectivity index (χ0) is 16.2. The van der Waals surface area contributed by atoms with Crippen molar-refractivity contribution in [3.05, 3.63) is 22.4 Å². The van der Waals surface area contributed by atoms with Crippen LogP contribution in [0.15, 0.2) is 17.5 Å². The van der Waals surface area contributed by atoms with Gasteiger partial charge in [-0.2, -0.15) is 0 Å². The summed E-state index contributed by atoms with van der Waals surface area (Å²) < 4.78 is 5.91.